The van der Waals surface area contributed by atoms with Crippen molar-refractivity contribution in [2.24, 2.45) is 23.5 Å². The Morgan fingerprint density at radius 3 is 2.25 bits per heavy atom. The van der Waals surface area contributed by atoms with E-state index in [9.17, 15) is 0 Å². The van der Waals surface area contributed by atoms with Gasteiger partial charge in [0.2, 0.25) is 0 Å². The topological polar surface area (TPSA) is 26.0 Å². The summed E-state index contributed by atoms with van der Waals surface area (Å²) < 4.78 is 0. The summed E-state index contributed by atoms with van der Waals surface area (Å²) in [4.78, 5) is 0. The molecule has 1 saturated carbocycles. The lowest BCUT2D eigenvalue weighted by atomic mass is 9.76. The van der Waals surface area contributed by atoms with Crippen molar-refractivity contribution in [1.82, 2.24) is 0 Å². The Morgan fingerprint density at radius 2 is 1.83 bits per heavy atom. The monoisotopic (exact) mass is 169 g/mol. The Labute approximate surface area is 76.7 Å². The van der Waals surface area contributed by atoms with Crippen LogP contribution in [0.1, 0.15) is 46.0 Å². The third-order valence-electron chi connectivity index (χ3n) is 3.67. The molecule has 0 saturated heterocycles. The van der Waals surface area contributed by atoms with Crippen LogP contribution >= 0.6 is 0 Å². The molecule has 12 heavy (non-hydrogen) atoms. The van der Waals surface area contributed by atoms with Crippen molar-refractivity contribution >= 4 is 0 Å². The average Bonchev–Trinajstić information content (AvgIpc) is 2.17. The van der Waals surface area contributed by atoms with Gasteiger partial charge in [0, 0.05) is 0 Å². The fourth-order valence-corrected chi connectivity index (χ4v) is 2.33. The fourth-order valence-electron chi connectivity index (χ4n) is 2.33. The molecule has 2 N–H and O–H groups in total. The van der Waals surface area contributed by atoms with E-state index in [4.69, 9.17) is 5.73 Å². The van der Waals surface area contributed by atoms with Gasteiger partial charge < -0.3 is 5.73 Å². The molecule has 0 aromatic rings. The van der Waals surface area contributed by atoms with Gasteiger partial charge in [-0.15, -0.1) is 0 Å². The molecule has 0 bridgehead atoms. The molecule has 0 radical (unpaired) electrons. The predicted molar refractivity (Wildman–Crippen MR) is 54.0 cm³/mol. The first-order valence-corrected chi connectivity index (χ1v) is 5.48. The van der Waals surface area contributed by atoms with Gasteiger partial charge in [-0.25, -0.2) is 0 Å². The van der Waals surface area contributed by atoms with Gasteiger partial charge in [0.05, 0.1) is 0 Å². The molecule has 1 fully saturated rings. The van der Waals surface area contributed by atoms with Crippen molar-refractivity contribution in [2.75, 3.05) is 6.54 Å². The minimum absolute atomic E-state index is 0.838. The van der Waals surface area contributed by atoms with Crippen molar-refractivity contribution in [3.05, 3.63) is 0 Å². The maximum Gasteiger partial charge on any atom is -0.00489 e. The van der Waals surface area contributed by atoms with E-state index in [2.05, 4.69) is 13.8 Å². The molecular formula is C11H23N. The zero-order valence-electron chi connectivity index (χ0n) is 8.55. The zero-order chi connectivity index (χ0) is 8.97. The highest BCUT2D eigenvalue weighted by Crippen LogP contribution is 2.33. The fraction of sp³-hybridized carbons (Fsp3) is 1.00. The number of hydrogen-bond acceptors (Lipinski definition) is 1. The minimum atomic E-state index is 0.838. The summed E-state index contributed by atoms with van der Waals surface area (Å²) in [5, 5.41) is 0. The lowest BCUT2D eigenvalue weighted by Gasteiger charge is -2.31. The quantitative estimate of drug-likeness (QED) is 0.690. The van der Waals surface area contributed by atoms with Gasteiger partial charge in [-0.2, -0.15) is 0 Å². The third-order valence-corrected chi connectivity index (χ3v) is 3.67. The Kier molecular flexibility index (Phi) is 4.07. The largest absolute Gasteiger partial charge is 0.330 e. The van der Waals surface area contributed by atoms with Gasteiger partial charge in [0.25, 0.3) is 0 Å². The second-order valence-electron chi connectivity index (χ2n) is 4.40. The van der Waals surface area contributed by atoms with Crippen LogP contribution in [-0.2, 0) is 0 Å². The molecule has 0 aromatic carbocycles. The summed E-state index contributed by atoms with van der Waals surface area (Å²) in [6.45, 7) is 5.61. The summed E-state index contributed by atoms with van der Waals surface area (Å²) >= 11 is 0. The molecule has 1 atom stereocenters. The van der Waals surface area contributed by atoms with E-state index in [0.29, 0.717) is 0 Å². The first-order chi connectivity index (χ1) is 5.77. The lowest BCUT2D eigenvalue weighted by molar-refractivity contribution is 0.214. The van der Waals surface area contributed by atoms with Crippen LogP contribution in [-0.4, -0.2) is 6.54 Å². The van der Waals surface area contributed by atoms with Crippen molar-refractivity contribution in [3.63, 3.8) is 0 Å². The Bertz CT molecular complexity index is 114. The second kappa shape index (κ2) is 4.86. The third kappa shape index (κ3) is 2.48. The average molecular weight is 169 g/mol. The van der Waals surface area contributed by atoms with E-state index in [1.807, 2.05) is 0 Å². The van der Waals surface area contributed by atoms with Crippen LogP contribution in [0.3, 0.4) is 0 Å². The predicted octanol–water partition coefficient (Wildman–Crippen LogP) is 2.80. The van der Waals surface area contributed by atoms with Gasteiger partial charge in [0.1, 0.15) is 0 Å². The maximum absolute atomic E-state index is 5.66. The summed E-state index contributed by atoms with van der Waals surface area (Å²) in [7, 11) is 0. The molecule has 0 spiro atoms. The lowest BCUT2D eigenvalue weighted by Crippen LogP contribution is -2.24. The highest BCUT2D eigenvalue weighted by Gasteiger charge is 2.23. The summed E-state index contributed by atoms with van der Waals surface area (Å²) in [5.74, 6) is 2.77. The van der Waals surface area contributed by atoms with Crippen LogP contribution in [0.4, 0.5) is 0 Å². The van der Waals surface area contributed by atoms with E-state index in [1.54, 1.807) is 0 Å². The molecular weight excluding hydrogens is 146 g/mol. The van der Waals surface area contributed by atoms with Crippen LogP contribution in [0.5, 0.6) is 0 Å². The van der Waals surface area contributed by atoms with E-state index in [-0.39, 0.29) is 0 Å². The molecule has 1 rings (SSSR count). The molecule has 72 valence electrons. The molecule has 1 heteroatoms. The summed E-state index contributed by atoms with van der Waals surface area (Å²) in [6.07, 6.45) is 6.96. The smallest absolute Gasteiger partial charge is 0.00489 e. The van der Waals surface area contributed by atoms with Crippen molar-refractivity contribution in [2.45, 2.75) is 46.0 Å². The van der Waals surface area contributed by atoms with Crippen molar-refractivity contribution < 1.29 is 0 Å². The van der Waals surface area contributed by atoms with Crippen LogP contribution in [0, 0.1) is 17.8 Å². The molecule has 1 aliphatic rings. The first kappa shape index (κ1) is 10.0. The van der Waals surface area contributed by atoms with Crippen LogP contribution in [0.2, 0.25) is 0 Å². The second-order valence-corrected chi connectivity index (χ2v) is 4.40. The Hall–Kier alpha value is -0.0400. The highest BCUT2D eigenvalue weighted by atomic mass is 14.5. The van der Waals surface area contributed by atoms with Crippen molar-refractivity contribution in [3.8, 4) is 0 Å². The molecule has 0 aromatic heterocycles. The maximum atomic E-state index is 5.66. The highest BCUT2D eigenvalue weighted by molar-refractivity contribution is 4.75. The van der Waals surface area contributed by atoms with Gasteiger partial charge in [-0.05, 0) is 50.0 Å². The Morgan fingerprint density at radius 1 is 1.25 bits per heavy atom. The number of rotatable bonds is 3. The first-order valence-electron chi connectivity index (χ1n) is 5.48. The van der Waals surface area contributed by atoms with Gasteiger partial charge in [-0.3, -0.25) is 0 Å². The standard InChI is InChI=1S/C11H23N/c1-3-9(2)11-6-4-10(8-12)5-7-11/h9-11H,3-8,12H2,1-2H3/t9-,10-,11-/m0/s1. The minimum Gasteiger partial charge on any atom is -0.330 e. The molecule has 0 unspecified atom stereocenters. The van der Waals surface area contributed by atoms with Crippen LogP contribution in [0.25, 0.3) is 0 Å². The van der Waals surface area contributed by atoms with Gasteiger partial charge in [-0.1, -0.05) is 20.3 Å². The number of hydrogen-bond donors (Lipinski definition) is 1. The SMILES string of the molecule is CC[C@H](C)[C@H]1CC[C@H](CN)CC1. The van der Waals surface area contributed by atoms with E-state index in [1.165, 1.54) is 32.1 Å². The molecule has 1 aliphatic carbocycles. The summed E-state index contributed by atoms with van der Waals surface area (Å²) in [6, 6.07) is 0. The van der Waals surface area contributed by atoms with Crippen molar-refractivity contribution in [1.29, 1.82) is 0 Å². The molecule has 1 nitrogen and oxygen atoms in total. The number of nitrogens with two attached hydrogens (primary N) is 1. The van der Waals surface area contributed by atoms with Gasteiger partial charge >= 0.3 is 0 Å². The van der Waals surface area contributed by atoms with Gasteiger partial charge in [0.15, 0.2) is 0 Å². The zero-order valence-corrected chi connectivity index (χ0v) is 8.55. The molecule has 0 aliphatic heterocycles. The van der Waals surface area contributed by atoms with E-state index >= 15 is 0 Å². The summed E-state index contributed by atoms with van der Waals surface area (Å²) in [5.41, 5.74) is 5.66. The van der Waals surface area contributed by atoms with Crippen LogP contribution < -0.4 is 5.73 Å². The van der Waals surface area contributed by atoms with Crippen LogP contribution in [0.15, 0.2) is 0 Å². The molecule has 0 amide bonds. The normalized spacial score (nSPS) is 33.2. The Balaban J connectivity index is 2.25. The molecule has 0 heterocycles. The van der Waals surface area contributed by atoms with E-state index in [0.717, 1.165) is 24.3 Å². The van der Waals surface area contributed by atoms with E-state index < -0.39 is 0 Å².